The Bertz CT molecular complexity index is 1120. The minimum Gasteiger partial charge on any atom is -0.383 e. The van der Waals surface area contributed by atoms with Gasteiger partial charge in [0, 0.05) is 30.4 Å². The number of nitrogens with two attached hydrogens (primary N) is 3. The highest BCUT2D eigenvalue weighted by Crippen LogP contribution is 2.37. The highest BCUT2D eigenvalue weighted by atomic mass is 32.2. The zero-order chi connectivity index (χ0) is 21.2. The molecule has 0 aliphatic carbocycles. The Hall–Kier alpha value is -2.21. The zero-order valence-electron chi connectivity index (χ0n) is 15.0. The largest absolute Gasteiger partial charge is 0.383 e. The summed E-state index contributed by atoms with van der Waals surface area (Å²) in [6.07, 6.45) is 0.603. The third kappa shape index (κ3) is 4.37. The second-order valence-electron chi connectivity index (χ2n) is 5.99. The third-order valence-corrected chi connectivity index (χ3v) is 6.72. The molecule has 1 aromatic carbocycles. The minimum atomic E-state index is -4.50. The average molecular weight is 444 g/mol. The molecule has 0 bridgehead atoms. The van der Waals surface area contributed by atoms with Crippen molar-refractivity contribution in [1.82, 2.24) is 31.6 Å². The monoisotopic (exact) mass is 443 g/mol. The molecule has 0 saturated carbocycles. The molecule has 11 N–H and O–H groups in total. The number of primary sulfonamides is 1. The van der Waals surface area contributed by atoms with Crippen LogP contribution in [0.2, 0.25) is 0 Å². The molecule has 0 unspecified atom stereocenters. The molecule has 0 atom stereocenters. The lowest BCUT2D eigenvalue weighted by atomic mass is 9.98. The number of nitrogen functional groups attached to an aromatic ring is 1. The van der Waals surface area contributed by atoms with Gasteiger partial charge in [-0.15, -0.1) is 0 Å². The molecule has 1 aliphatic rings. The fraction of sp³-hybridized carbons (Fsp3) is 0.214. The Morgan fingerprint density at radius 1 is 1.07 bits per heavy atom. The van der Waals surface area contributed by atoms with E-state index in [1.807, 2.05) is 0 Å². The molecule has 2 heterocycles. The number of hydrazine groups is 3. The molecule has 13 nitrogen and oxygen atoms in total. The van der Waals surface area contributed by atoms with Crippen molar-refractivity contribution >= 4 is 25.9 Å². The first-order chi connectivity index (χ1) is 13.7. The molecule has 29 heavy (non-hydrogen) atoms. The van der Waals surface area contributed by atoms with Crippen LogP contribution in [-0.4, -0.2) is 34.9 Å². The Morgan fingerprint density at radius 3 is 2.34 bits per heavy atom. The molecule has 0 spiro atoms. The number of nitrogens with zero attached hydrogens (tertiary/aromatic N) is 1. The molecule has 1 aliphatic heterocycles. The lowest BCUT2D eigenvalue weighted by molar-refractivity contribution is 0.533. The Morgan fingerprint density at radius 2 is 1.76 bits per heavy atom. The van der Waals surface area contributed by atoms with Crippen LogP contribution in [0.25, 0.3) is 11.1 Å². The van der Waals surface area contributed by atoms with Gasteiger partial charge >= 0.3 is 0 Å². The van der Waals surface area contributed by atoms with Crippen molar-refractivity contribution in [3.8, 4) is 11.1 Å². The maximum atomic E-state index is 12.7. The summed E-state index contributed by atoms with van der Waals surface area (Å²) < 4.78 is 52.8. The molecule has 1 fully saturated rings. The third-order valence-electron chi connectivity index (χ3n) is 4.08. The van der Waals surface area contributed by atoms with Gasteiger partial charge in [0.2, 0.25) is 20.0 Å². The highest BCUT2D eigenvalue weighted by Gasteiger charge is 2.34. The Kier molecular flexibility index (Phi) is 6.13. The maximum absolute atomic E-state index is 12.7. The molecular formula is C14H21N9O4S2. The van der Waals surface area contributed by atoms with E-state index in [9.17, 15) is 16.8 Å². The van der Waals surface area contributed by atoms with E-state index in [0.717, 1.165) is 6.07 Å². The van der Waals surface area contributed by atoms with Gasteiger partial charge < -0.3 is 11.5 Å². The first kappa shape index (κ1) is 21.5. The van der Waals surface area contributed by atoms with E-state index in [2.05, 4.69) is 31.6 Å². The summed E-state index contributed by atoms with van der Waals surface area (Å²) in [5.41, 5.74) is 22.7. The van der Waals surface area contributed by atoms with E-state index in [1.165, 1.54) is 12.3 Å². The summed E-state index contributed by atoms with van der Waals surface area (Å²) in [5, 5.41) is 5.45. The molecule has 1 aromatic heterocycles. The van der Waals surface area contributed by atoms with Gasteiger partial charge in [-0.1, -0.05) is 6.07 Å². The van der Waals surface area contributed by atoms with Crippen molar-refractivity contribution in [1.29, 1.82) is 0 Å². The van der Waals surface area contributed by atoms with Crippen molar-refractivity contribution in [2.45, 2.75) is 16.0 Å². The van der Waals surface area contributed by atoms with E-state index in [-0.39, 0.29) is 24.5 Å². The van der Waals surface area contributed by atoms with Crippen LogP contribution in [0.3, 0.4) is 0 Å². The molecule has 1 saturated heterocycles. The topological polar surface area (TPSA) is 219 Å². The highest BCUT2D eigenvalue weighted by molar-refractivity contribution is 7.92. The van der Waals surface area contributed by atoms with Crippen molar-refractivity contribution in [3.05, 3.63) is 36.0 Å². The van der Waals surface area contributed by atoms with Crippen LogP contribution in [0.4, 0.5) is 5.82 Å². The van der Waals surface area contributed by atoms with Gasteiger partial charge in [0.1, 0.15) is 21.8 Å². The smallest absolute Gasteiger partial charge is 0.241 e. The number of nitrogens with one attached hydrogen (secondary N) is 5. The number of hydrogen-bond donors (Lipinski definition) is 8. The normalized spacial score (nSPS) is 15.7. The fourth-order valence-electron chi connectivity index (χ4n) is 2.92. The Balaban J connectivity index is 2.38. The van der Waals surface area contributed by atoms with Gasteiger partial charge in [-0.3, -0.25) is 0 Å². The molecule has 2 aromatic rings. The summed E-state index contributed by atoms with van der Waals surface area (Å²) in [6.45, 7) is -0.0528. The zero-order valence-corrected chi connectivity index (χ0v) is 16.6. The number of hydrogen-bond acceptors (Lipinski definition) is 11. The summed E-state index contributed by atoms with van der Waals surface area (Å²) in [6, 6.07) is 5.84. The molecule has 0 amide bonds. The quantitative estimate of drug-likeness (QED) is 0.220. The number of sulfonamides is 2. The number of aromatic nitrogens is 1. The number of rotatable bonds is 7. The molecule has 0 radical (unpaired) electrons. The predicted molar refractivity (Wildman–Crippen MR) is 105 cm³/mol. The van der Waals surface area contributed by atoms with E-state index in [4.69, 9.17) is 16.6 Å². The summed E-state index contributed by atoms with van der Waals surface area (Å²) >= 11 is 0. The first-order valence-electron chi connectivity index (χ1n) is 8.28. The lowest BCUT2D eigenvalue weighted by Gasteiger charge is -2.22. The summed E-state index contributed by atoms with van der Waals surface area (Å²) in [4.78, 5) is 2.91. The number of anilines is 1. The van der Waals surface area contributed by atoms with Crippen molar-refractivity contribution in [3.63, 3.8) is 0 Å². The Labute approximate surface area is 167 Å². The van der Waals surface area contributed by atoms with E-state index < -0.39 is 36.0 Å². The van der Waals surface area contributed by atoms with Crippen molar-refractivity contribution in [2.75, 3.05) is 18.8 Å². The summed E-state index contributed by atoms with van der Waals surface area (Å²) in [5.74, 6) is 0.130. The lowest BCUT2D eigenvalue weighted by Crippen LogP contribution is -2.33. The number of benzene rings is 1. The second kappa shape index (κ2) is 8.27. The van der Waals surface area contributed by atoms with Crippen molar-refractivity contribution < 1.29 is 16.8 Å². The van der Waals surface area contributed by atoms with E-state index >= 15 is 0 Å². The van der Waals surface area contributed by atoms with Gasteiger partial charge in [0.15, 0.2) is 0 Å². The molecule has 158 valence electrons. The standard InChI is InChI=1S/C14H21N9O4S2/c15-5-7-19-29(26,27)10-4-3-8(9-2-1-6-18-13(9)16)11(12(10)28(17,24)25)14-20-22-23-21-14/h1-4,6,14,19-23H,5,7,15H2,(H2,16,18)(H2,17,24,25). The van der Waals surface area contributed by atoms with Crippen LogP contribution < -0.4 is 43.2 Å². The van der Waals surface area contributed by atoms with Crippen LogP contribution >= 0.6 is 0 Å². The van der Waals surface area contributed by atoms with Crippen LogP contribution in [0.15, 0.2) is 40.3 Å². The van der Waals surface area contributed by atoms with Gasteiger partial charge in [-0.25, -0.2) is 42.5 Å². The van der Waals surface area contributed by atoms with Gasteiger partial charge in [-0.2, -0.15) is 11.1 Å². The molecular weight excluding hydrogens is 422 g/mol. The van der Waals surface area contributed by atoms with Crippen LogP contribution in [-0.2, 0) is 20.0 Å². The fourth-order valence-corrected chi connectivity index (χ4v) is 5.62. The van der Waals surface area contributed by atoms with Gasteiger partial charge in [0.05, 0.1) is 0 Å². The van der Waals surface area contributed by atoms with Crippen LogP contribution in [0.1, 0.15) is 11.7 Å². The molecule has 15 heteroatoms. The second-order valence-corrected chi connectivity index (χ2v) is 9.23. The van der Waals surface area contributed by atoms with Crippen molar-refractivity contribution in [2.24, 2.45) is 10.9 Å². The van der Waals surface area contributed by atoms with Crippen LogP contribution in [0, 0.1) is 0 Å². The van der Waals surface area contributed by atoms with Gasteiger partial charge in [-0.05, 0) is 23.8 Å². The average Bonchev–Trinajstić information content (AvgIpc) is 3.19. The maximum Gasteiger partial charge on any atom is 0.241 e. The van der Waals surface area contributed by atoms with E-state index in [1.54, 1.807) is 12.1 Å². The number of pyridine rings is 1. The summed E-state index contributed by atoms with van der Waals surface area (Å²) in [7, 11) is -8.73. The SMILES string of the molecule is NCCNS(=O)(=O)c1ccc(-c2cccnc2N)c(C2NNNN2)c1S(N)(=O)=O. The van der Waals surface area contributed by atoms with Crippen LogP contribution in [0.5, 0.6) is 0 Å². The van der Waals surface area contributed by atoms with E-state index in [0.29, 0.717) is 11.1 Å². The first-order valence-corrected chi connectivity index (χ1v) is 11.3. The van der Waals surface area contributed by atoms with Gasteiger partial charge in [0.25, 0.3) is 0 Å². The minimum absolute atomic E-state index is 0.0284. The predicted octanol–water partition coefficient (Wildman–Crippen LogP) is -2.67. The molecule has 3 rings (SSSR count).